The van der Waals surface area contributed by atoms with Crippen LogP contribution in [0.1, 0.15) is 29.2 Å². The Morgan fingerprint density at radius 1 is 1.05 bits per heavy atom. The first-order valence-corrected chi connectivity index (χ1v) is 5.90. The summed E-state index contributed by atoms with van der Waals surface area (Å²) in [5.74, 6) is -0.407. The van der Waals surface area contributed by atoms with Gasteiger partial charge < -0.3 is 5.32 Å². The van der Waals surface area contributed by atoms with Crippen molar-refractivity contribution in [3.8, 4) is 0 Å². The second-order valence-corrected chi connectivity index (χ2v) is 4.45. The second kappa shape index (κ2) is 5.19. The number of hydrogen-bond donors (Lipinski definition) is 1. The first-order chi connectivity index (χ1) is 9.17. The van der Waals surface area contributed by atoms with E-state index in [9.17, 15) is 26.3 Å². The lowest BCUT2D eigenvalue weighted by Gasteiger charge is -2.21. The minimum Gasteiger partial charge on any atom is -0.312 e. The summed E-state index contributed by atoms with van der Waals surface area (Å²) in [6, 6.07) is 0. The maximum atomic E-state index is 12.9. The monoisotopic (exact) mass is 299 g/mol. The van der Waals surface area contributed by atoms with E-state index in [0.29, 0.717) is 6.54 Å². The van der Waals surface area contributed by atoms with Gasteiger partial charge in [0.1, 0.15) is 5.82 Å². The molecule has 1 aromatic rings. The van der Waals surface area contributed by atoms with E-state index in [-0.39, 0.29) is 24.2 Å². The molecule has 1 aromatic heterocycles. The summed E-state index contributed by atoms with van der Waals surface area (Å²) < 4.78 is 75.1. The molecular formula is C11H11F6N3. The summed E-state index contributed by atoms with van der Waals surface area (Å²) in [6.07, 6.45) is -10.8. The number of fused-ring (bicyclic) bond motifs is 1. The molecule has 3 nitrogen and oxygen atoms in total. The fourth-order valence-electron chi connectivity index (χ4n) is 1.99. The van der Waals surface area contributed by atoms with Crippen LogP contribution in [-0.2, 0) is 25.6 Å². The van der Waals surface area contributed by atoms with Gasteiger partial charge in [0.25, 0.3) is 0 Å². The number of aromatic nitrogens is 2. The standard InChI is InChI=1S/C11H11F6N3/c12-10(13,14)3-1-8-19-7-2-4-18-5-6(7)9(20-8)11(15,16)17/h18H,1-5H2. The van der Waals surface area contributed by atoms with Crippen molar-refractivity contribution in [1.29, 1.82) is 0 Å². The SMILES string of the molecule is FC(F)(F)CCc1nc2c(c(C(F)(F)F)n1)CNCC2. The van der Waals surface area contributed by atoms with E-state index in [1.54, 1.807) is 0 Å². The third-order valence-corrected chi connectivity index (χ3v) is 2.88. The highest BCUT2D eigenvalue weighted by Gasteiger charge is 2.38. The van der Waals surface area contributed by atoms with Crippen LogP contribution in [-0.4, -0.2) is 22.7 Å². The summed E-state index contributed by atoms with van der Waals surface area (Å²) in [6.45, 7) is 0.420. The molecule has 1 N–H and O–H groups in total. The molecule has 2 rings (SSSR count). The maximum absolute atomic E-state index is 12.9. The summed E-state index contributed by atoms with van der Waals surface area (Å²) >= 11 is 0. The van der Waals surface area contributed by atoms with E-state index >= 15 is 0 Å². The van der Waals surface area contributed by atoms with E-state index < -0.39 is 36.7 Å². The fraction of sp³-hybridized carbons (Fsp3) is 0.636. The van der Waals surface area contributed by atoms with Crippen molar-refractivity contribution in [3.05, 3.63) is 22.8 Å². The Morgan fingerprint density at radius 2 is 1.75 bits per heavy atom. The molecule has 0 aliphatic carbocycles. The zero-order chi connectivity index (χ0) is 15.0. The Labute approximate surface area is 110 Å². The number of nitrogens with one attached hydrogen (secondary N) is 1. The predicted molar refractivity (Wildman–Crippen MR) is 56.8 cm³/mol. The zero-order valence-electron chi connectivity index (χ0n) is 10.2. The highest BCUT2D eigenvalue weighted by molar-refractivity contribution is 5.30. The largest absolute Gasteiger partial charge is 0.433 e. The van der Waals surface area contributed by atoms with Gasteiger partial charge in [0.05, 0.1) is 12.1 Å². The molecule has 2 heterocycles. The van der Waals surface area contributed by atoms with Crippen LogP contribution in [0.25, 0.3) is 0 Å². The van der Waals surface area contributed by atoms with E-state index in [1.807, 2.05) is 0 Å². The lowest BCUT2D eigenvalue weighted by atomic mass is 10.0. The first-order valence-electron chi connectivity index (χ1n) is 5.90. The van der Waals surface area contributed by atoms with Gasteiger partial charge in [-0.15, -0.1) is 0 Å². The van der Waals surface area contributed by atoms with Crippen LogP contribution >= 0.6 is 0 Å². The summed E-state index contributed by atoms with van der Waals surface area (Å²) in [4.78, 5) is 7.12. The Morgan fingerprint density at radius 3 is 2.35 bits per heavy atom. The Hall–Kier alpha value is -1.38. The number of nitrogens with zero attached hydrogens (tertiary/aromatic N) is 2. The molecule has 0 bridgehead atoms. The normalized spacial score (nSPS) is 16.1. The molecule has 0 aromatic carbocycles. The van der Waals surface area contributed by atoms with Crippen LogP contribution < -0.4 is 5.32 Å². The highest BCUT2D eigenvalue weighted by atomic mass is 19.4. The molecule has 1 aliphatic rings. The van der Waals surface area contributed by atoms with Crippen molar-refractivity contribution in [3.63, 3.8) is 0 Å². The van der Waals surface area contributed by atoms with Crippen molar-refractivity contribution in [1.82, 2.24) is 15.3 Å². The smallest absolute Gasteiger partial charge is 0.312 e. The summed E-state index contributed by atoms with van der Waals surface area (Å²) in [5.41, 5.74) is -1.02. The molecule has 0 saturated carbocycles. The third kappa shape index (κ3) is 3.59. The Bertz CT molecular complexity index is 494. The average molecular weight is 299 g/mol. The van der Waals surface area contributed by atoms with Crippen LogP contribution in [0.5, 0.6) is 0 Å². The lowest BCUT2D eigenvalue weighted by molar-refractivity contribution is -0.142. The Kier molecular flexibility index (Phi) is 3.90. The topological polar surface area (TPSA) is 37.8 Å². The molecule has 0 unspecified atom stereocenters. The van der Waals surface area contributed by atoms with Gasteiger partial charge in [0, 0.05) is 31.5 Å². The number of aryl methyl sites for hydroxylation is 1. The molecule has 20 heavy (non-hydrogen) atoms. The van der Waals surface area contributed by atoms with Gasteiger partial charge in [0.2, 0.25) is 0 Å². The number of alkyl halides is 6. The van der Waals surface area contributed by atoms with Crippen molar-refractivity contribution < 1.29 is 26.3 Å². The van der Waals surface area contributed by atoms with Gasteiger partial charge in [-0.1, -0.05) is 0 Å². The van der Waals surface area contributed by atoms with E-state index in [1.165, 1.54) is 0 Å². The Balaban J connectivity index is 2.35. The average Bonchev–Trinajstić information content (AvgIpc) is 2.33. The van der Waals surface area contributed by atoms with Crippen molar-refractivity contribution in [2.45, 2.75) is 38.2 Å². The third-order valence-electron chi connectivity index (χ3n) is 2.88. The molecule has 0 radical (unpaired) electrons. The van der Waals surface area contributed by atoms with E-state index in [4.69, 9.17) is 0 Å². The molecule has 9 heteroatoms. The quantitative estimate of drug-likeness (QED) is 0.853. The summed E-state index contributed by atoms with van der Waals surface area (Å²) in [5, 5.41) is 2.77. The number of halogens is 6. The van der Waals surface area contributed by atoms with Crippen LogP contribution in [0.15, 0.2) is 0 Å². The number of rotatable bonds is 2. The molecule has 112 valence electrons. The molecule has 0 atom stereocenters. The zero-order valence-corrected chi connectivity index (χ0v) is 10.2. The predicted octanol–water partition coefficient (Wildman–Crippen LogP) is 2.64. The highest BCUT2D eigenvalue weighted by Crippen LogP contribution is 2.33. The summed E-state index contributed by atoms with van der Waals surface area (Å²) in [7, 11) is 0. The minimum absolute atomic E-state index is 0.0241. The van der Waals surface area contributed by atoms with Crippen molar-refractivity contribution in [2.24, 2.45) is 0 Å². The van der Waals surface area contributed by atoms with E-state index in [2.05, 4.69) is 15.3 Å². The lowest BCUT2D eigenvalue weighted by Crippen LogP contribution is -2.29. The van der Waals surface area contributed by atoms with Crippen LogP contribution in [0.2, 0.25) is 0 Å². The fourth-order valence-corrected chi connectivity index (χ4v) is 1.99. The number of hydrogen-bond acceptors (Lipinski definition) is 3. The minimum atomic E-state index is -4.70. The van der Waals surface area contributed by atoms with Crippen LogP contribution in [0, 0.1) is 0 Å². The molecule has 0 spiro atoms. The van der Waals surface area contributed by atoms with Gasteiger partial charge in [-0.2, -0.15) is 26.3 Å². The molecular weight excluding hydrogens is 288 g/mol. The maximum Gasteiger partial charge on any atom is 0.433 e. The van der Waals surface area contributed by atoms with Gasteiger partial charge in [-0.05, 0) is 0 Å². The second-order valence-electron chi connectivity index (χ2n) is 4.45. The van der Waals surface area contributed by atoms with Gasteiger partial charge in [-0.25, -0.2) is 9.97 Å². The van der Waals surface area contributed by atoms with Crippen LogP contribution in [0.3, 0.4) is 0 Å². The molecule has 1 aliphatic heterocycles. The molecule has 0 fully saturated rings. The van der Waals surface area contributed by atoms with E-state index in [0.717, 1.165) is 0 Å². The molecule has 0 saturated heterocycles. The van der Waals surface area contributed by atoms with Gasteiger partial charge in [-0.3, -0.25) is 0 Å². The molecule has 0 amide bonds. The van der Waals surface area contributed by atoms with Crippen LogP contribution in [0.4, 0.5) is 26.3 Å². The van der Waals surface area contributed by atoms with Crippen molar-refractivity contribution in [2.75, 3.05) is 6.54 Å². The van der Waals surface area contributed by atoms with Crippen molar-refractivity contribution >= 4 is 0 Å². The van der Waals surface area contributed by atoms with Gasteiger partial charge >= 0.3 is 12.4 Å². The van der Waals surface area contributed by atoms with Gasteiger partial charge in [0.15, 0.2) is 5.69 Å². The first kappa shape index (κ1) is 15.0.